The highest BCUT2D eigenvalue weighted by Crippen LogP contribution is 2.29. The minimum atomic E-state index is -0.713. The molecule has 1 amide bonds. The minimum absolute atomic E-state index is 0.148. The zero-order valence-corrected chi connectivity index (χ0v) is 18.5. The smallest absolute Gasteiger partial charge is 0.348 e. The molecule has 0 radical (unpaired) electrons. The first-order chi connectivity index (χ1) is 15.9. The molecule has 0 saturated carbocycles. The van der Waals surface area contributed by atoms with Gasteiger partial charge in [0.15, 0.2) is 18.1 Å². The van der Waals surface area contributed by atoms with Crippen LogP contribution < -0.4 is 14.8 Å². The quantitative estimate of drug-likeness (QED) is 0.331. The van der Waals surface area contributed by atoms with Crippen molar-refractivity contribution in [3.05, 3.63) is 59.2 Å². The Labute approximate surface area is 191 Å². The van der Waals surface area contributed by atoms with Gasteiger partial charge in [-0.25, -0.2) is 9.59 Å². The van der Waals surface area contributed by atoms with Gasteiger partial charge >= 0.3 is 11.9 Å². The van der Waals surface area contributed by atoms with Crippen molar-refractivity contribution in [2.24, 2.45) is 0 Å². The van der Waals surface area contributed by atoms with E-state index in [-0.39, 0.29) is 18.8 Å². The van der Waals surface area contributed by atoms with Gasteiger partial charge in [-0.3, -0.25) is 4.79 Å². The van der Waals surface area contributed by atoms with Crippen LogP contribution in [0.25, 0.3) is 6.08 Å². The monoisotopic (exact) mass is 452 g/mol. The average molecular weight is 452 g/mol. The van der Waals surface area contributed by atoms with Gasteiger partial charge in [0.25, 0.3) is 5.91 Å². The van der Waals surface area contributed by atoms with Gasteiger partial charge in [-0.05, 0) is 61.9 Å². The second-order valence-electron chi connectivity index (χ2n) is 6.44. The van der Waals surface area contributed by atoms with Crippen LogP contribution in [0.2, 0.25) is 0 Å². The zero-order valence-electron chi connectivity index (χ0n) is 18.5. The van der Waals surface area contributed by atoms with Crippen molar-refractivity contribution in [1.82, 2.24) is 0 Å². The topological polar surface area (TPSA) is 124 Å². The molecule has 0 aliphatic rings. The highest BCUT2D eigenvalue weighted by molar-refractivity contribution is 5.98. The Morgan fingerprint density at radius 1 is 1.00 bits per heavy atom. The summed E-state index contributed by atoms with van der Waals surface area (Å²) in [6, 6.07) is 12.8. The summed E-state index contributed by atoms with van der Waals surface area (Å²) in [7, 11) is 1.29. The van der Waals surface area contributed by atoms with Crippen LogP contribution in [0.1, 0.15) is 29.8 Å². The molecule has 0 bridgehead atoms. The molecule has 2 aromatic rings. The van der Waals surface area contributed by atoms with Gasteiger partial charge in [0.05, 0.1) is 25.9 Å². The third kappa shape index (κ3) is 7.40. The molecule has 0 fully saturated rings. The molecule has 0 heterocycles. The first kappa shape index (κ1) is 24.9. The molecule has 2 rings (SSSR count). The molecule has 33 heavy (non-hydrogen) atoms. The van der Waals surface area contributed by atoms with Gasteiger partial charge in [-0.15, -0.1) is 0 Å². The maximum absolute atomic E-state index is 12.3. The first-order valence-electron chi connectivity index (χ1n) is 10.1. The molecule has 0 aliphatic heterocycles. The Bertz CT molecular complexity index is 1070. The van der Waals surface area contributed by atoms with Crippen LogP contribution in [0, 0.1) is 11.3 Å². The summed E-state index contributed by atoms with van der Waals surface area (Å²) in [5, 5.41) is 11.9. The number of ether oxygens (including phenoxy) is 4. The van der Waals surface area contributed by atoms with E-state index in [2.05, 4.69) is 10.1 Å². The molecule has 0 aliphatic carbocycles. The summed E-state index contributed by atoms with van der Waals surface area (Å²) in [5.41, 5.74) is 1.24. The Kier molecular flexibility index (Phi) is 9.46. The van der Waals surface area contributed by atoms with Gasteiger partial charge < -0.3 is 24.3 Å². The summed E-state index contributed by atoms with van der Waals surface area (Å²) < 4.78 is 20.6. The largest absolute Gasteiger partial charge is 0.490 e. The number of benzene rings is 2. The highest BCUT2D eigenvalue weighted by atomic mass is 16.5. The third-order valence-electron chi connectivity index (χ3n) is 4.14. The number of carbonyl (C=O) groups excluding carboxylic acids is 3. The molecule has 9 heteroatoms. The second kappa shape index (κ2) is 12.5. The lowest BCUT2D eigenvalue weighted by molar-refractivity contribution is -0.137. The molecule has 1 N–H and O–H groups in total. The summed E-state index contributed by atoms with van der Waals surface area (Å²) in [5.74, 6) is -0.930. The summed E-state index contributed by atoms with van der Waals surface area (Å²) in [6.45, 7) is 3.65. The fourth-order valence-corrected chi connectivity index (χ4v) is 2.66. The van der Waals surface area contributed by atoms with Crippen LogP contribution in [0.15, 0.2) is 48.0 Å². The van der Waals surface area contributed by atoms with E-state index >= 15 is 0 Å². The van der Waals surface area contributed by atoms with Gasteiger partial charge in [-0.1, -0.05) is 6.07 Å². The molecule has 0 atom stereocenters. The second-order valence-corrected chi connectivity index (χ2v) is 6.44. The normalized spacial score (nSPS) is 10.5. The number of hydrogen-bond acceptors (Lipinski definition) is 8. The van der Waals surface area contributed by atoms with Crippen LogP contribution >= 0.6 is 0 Å². The Morgan fingerprint density at radius 3 is 2.33 bits per heavy atom. The maximum atomic E-state index is 12.3. The van der Waals surface area contributed by atoms with Gasteiger partial charge in [0.1, 0.15) is 11.6 Å². The van der Waals surface area contributed by atoms with Crippen LogP contribution in [0.3, 0.4) is 0 Å². The lowest BCUT2D eigenvalue weighted by Crippen LogP contribution is -2.20. The third-order valence-corrected chi connectivity index (χ3v) is 4.14. The molecule has 9 nitrogen and oxygen atoms in total. The van der Waals surface area contributed by atoms with Crippen molar-refractivity contribution >= 4 is 29.6 Å². The van der Waals surface area contributed by atoms with Crippen molar-refractivity contribution in [1.29, 1.82) is 5.26 Å². The van der Waals surface area contributed by atoms with Gasteiger partial charge in [-0.2, -0.15) is 5.26 Å². The molecular formula is C24H24N2O7. The van der Waals surface area contributed by atoms with Crippen molar-refractivity contribution in [3.63, 3.8) is 0 Å². The lowest BCUT2D eigenvalue weighted by Gasteiger charge is -2.13. The Balaban J connectivity index is 2.07. The average Bonchev–Trinajstić information content (AvgIpc) is 2.82. The highest BCUT2D eigenvalue weighted by Gasteiger charge is 2.13. The number of carbonyl (C=O) groups is 3. The minimum Gasteiger partial charge on any atom is -0.490 e. The predicted molar refractivity (Wildman–Crippen MR) is 120 cm³/mol. The van der Waals surface area contributed by atoms with E-state index in [1.54, 1.807) is 44.2 Å². The summed E-state index contributed by atoms with van der Waals surface area (Å²) in [6.07, 6.45) is 1.38. The number of anilines is 1. The summed E-state index contributed by atoms with van der Waals surface area (Å²) >= 11 is 0. The number of nitrogens with one attached hydrogen (secondary N) is 1. The van der Waals surface area contributed by atoms with Gasteiger partial charge in [0.2, 0.25) is 0 Å². The Morgan fingerprint density at radius 2 is 1.73 bits per heavy atom. The molecule has 0 saturated heterocycles. The van der Waals surface area contributed by atoms with Crippen LogP contribution in [-0.4, -0.2) is 44.8 Å². The number of amides is 1. The molecule has 172 valence electrons. The molecule has 0 aromatic heterocycles. The molecule has 0 spiro atoms. The first-order valence-corrected chi connectivity index (χ1v) is 10.1. The van der Waals surface area contributed by atoms with E-state index in [0.29, 0.717) is 34.9 Å². The van der Waals surface area contributed by atoms with Crippen molar-refractivity contribution in [2.75, 3.05) is 32.2 Å². The van der Waals surface area contributed by atoms with E-state index in [4.69, 9.17) is 14.2 Å². The SMILES string of the molecule is CCOC(=O)C(C#N)=Cc1ccc(OCC(=O)Nc2ccc(C(=O)OC)cc2)c(OCC)c1. The molecule has 0 unspecified atom stereocenters. The number of methoxy groups -OCH3 is 1. The number of rotatable bonds is 10. The fourth-order valence-electron chi connectivity index (χ4n) is 2.66. The number of nitriles is 1. The van der Waals surface area contributed by atoms with E-state index in [9.17, 15) is 19.6 Å². The number of nitrogens with zero attached hydrogens (tertiary/aromatic N) is 1. The van der Waals surface area contributed by atoms with Crippen molar-refractivity contribution < 1.29 is 33.3 Å². The van der Waals surface area contributed by atoms with E-state index < -0.39 is 17.8 Å². The zero-order chi connectivity index (χ0) is 24.2. The van der Waals surface area contributed by atoms with Crippen molar-refractivity contribution in [3.8, 4) is 17.6 Å². The van der Waals surface area contributed by atoms with Crippen LogP contribution in [0.4, 0.5) is 5.69 Å². The van der Waals surface area contributed by atoms with Crippen LogP contribution in [-0.2, 0) is 19.1 Å². The number of esters is 2. The van der Waals surface area contributed by atoms with E-state index in [0.717, 1.165) is 0 Å². The van der Waals surface area contributed by atoms with Crippen molar-refractivity contribution in [2.45, 2.75) is 13.8 Å². The van der Waals surface area contributed by atoms with Gasteiger partial charge in [0, 0.05) is 5.69 Å². The van der Waals surface area contributed by atoms with E-state index in [1.807, 2.05) is 6.07 Å². The number of hydrogen-bond donors (Lipinski definition) is 1. The summed E-state index contributed by atoms with van der Waals surface area (Å²) in [4.78, 5) is 35.5. The standard InChI is InChI=1S/C24H24N2O7/c1-4-31-21-13-16(12-18(14-25)24(29)32-5-2)6-11-20(21)33-15-22(27)26-19-9-7-17(8-10-19)23(28)30-3/h6-13H,4-5,15H2,1-3H3,(H,26,27). The molecule has 2 aromatic carbocycles. The van der Waals surface area contributed by atoms with E-state index in [1.165, 1.54) is 25.3 Å². The molecular weight excluding hydrogens is 428 g/mol. The predicted octanol–water partition coefficient (Wildman–Crippen LogP) is 3.36. The lowest BCUT2D eigenvalue weighted by atomic mass is 10.1. The Hall–Kier alpha value is -4.32. The fraction of sp³-hybridized carbons (Fsp3) is 0.250. The maximum Gasteiger partial charge on any atom is 0.348 e. The van der Waals surface area contributed by atoms with Crippen LogP contribution in [0.5, 0.6) is 11.5 Å².